The standard InChI is InChI=1S/C14H12ClFN2O2/c1-8-5-11(15)10(7-17-8)14(19)18-9-3-4-12(16)13(6-9)20-2/h3-7H,1-2H3,(H,18,19). The molecular weight excluding hydrogens is 283 g/mol. The van der Waals surface area contributed by atoms with E-state index < -0.39 is 11.7 Å². The molecular formula is C14H12ClFN2O2. The average Bonchev–Trinajstić information content (AvgIpc) is 2.40. The van der Waals surface area contributed by atoms with Gasteiger partial charge in [0.05, 0.1) is 17.7 Å². The molecule has 0 aliphatic rings. The van der Waals surface area contributed by atoms with E-state index in [4.69, 9.17) is 16.3 Å². The van der Waals surface area contributed by atoms with Gasteiger partial charge in [0.2, 0.25) is 0 Å². The number of methoxy groups -OCH3 is 1. The highest BCUT2D eigenvalue weighted by Gasteiger charge is 2.12. The normalized spacial score (nSPS) is 10.2. The van der Waals surface area contributed by atoms with Crippen LogP contribution in [0.15, 0.2) is 30.5 Å². The zero-order valence-electron chi connectivity index (χ0n) is 10.9. The summed E-state index contributed by atoms with van der Waals surface area (Å²) in [6, 6.07) is 5.64. The van der Waals surface area contributed by atoms with Crippen LogP contribution in [0.1, 0.15) is 16.1 Å². The minimum Gasteiger partial charge on any atom is -0.494 e. The first-order valence-electron chi connectivity index (χ1n) is 5.78. The lowest BCUT2D eigenvalue weighted by Crippen LogP contribution is -2.13. The van der Waals surface area contributed by atoms with E-state index in [0.717, 1.165) is 5.69 Å². The molecule has 0 aliphatic heterocycles. The van der Waals surface area contributed by atoms with E-state index in [1.54, 1.807) is 13.0 Å². The van der Waals surface area contributed by atoms with Gasteiger partial charge in [-0.3, -0.25) is 9.78 Å². The van der Waals surface area contributed by atoms with Crippen LogP contribution in [0.25, 0.3) is 0 Å². The molecule has 0 fully saturated rings. The fourth-order valence-electron chi connectivity index (χ4n) is 1.63. The minimum absolute atomic E-state index is 0.0518. The van der Waals surface area contributed by atoms with Gasteiger partial charge in [0.25, 0.3) is 5.91 Å². The zero-order chi connectivity index (χ0) is 14.7. The summed E-state index contributed by atoms with van der Waals surface area (Å²) in [6.45, 7) is 1.78. The summed E-state index contributed by atoms with van der Waals surface area (Å²) >= 11 is 5.99. The molecule has 0 unspecified atom stereocenters. The summed E-state index contributed by atoms with van der Waals surface area (Å²) in [5.41, 5.74) is 1.38. The van der Waals surface area contributed by atoms with Crippen molar-refractivity contribution >= 4 is 23.2 Å². The van der Waals surface area contributed by atoms with Crippen LogP contribution < -0.4 is 10.1 Å². The predicted molar refractivity (Wildman–Crippen MR) is 74.9 cm³/mol. The zero-order valence-corrected chi connectivity index (χ0v) is 11.7. The van der Waals surface area contributed by atoms with Crippen LogP contribution in [-0.4, -0.2) is 18.0 Å². The number of ether oxygens (including phenoxy) is 1. The molecule has 1 aromatic heterocycles. The predicted octanol–water partition coefficient (Wildman–Crippen LogP) is 3.44. The third-order valence-electron chi connectivity index (χ3n) is 2.64. The number of aryl methyl sites for hydroxylation is 1. The van der Waals surface area contributed by atoms with Gasteiger partial charge in [-0.25, -0.2) is 4.39 Å². The molecule has 0 bridgehead atoms. The molecule has 0 atom stereocenters. The van der Waals surface area contributed by atoms with Crippen molar-refractivity contribution in [1.82, 2.24) is 4.98 Å². The Balaban J connectivity index is 2.23. The number of rotatable bonds is 3. The number of hydrogen-bond acceptors (Lipinski definition) is 3. The molecule has 1 N–H and O–H groups in total. The van der Waals surface area contributed by atoms with E-state index in [1.807, 2.05) is 0 Å². The maximum Gasteiger partial charge on any atom is 0.258 e. The molecule has 0 saturated heterocycles. The number of anilines is 1. The van der Waals surface area contributed by atoms with E-state index in [9.17, 15) is 9.18 Å². The fourth-order valence-corrected chi connectivity index (χ4v) is 1.92. The summed E-state index contributed by atoms with van der Waals surface area (Å²) in [7, 11) is 1.35. The third-order valence-corrected chi connectivity index (χ3v) is 2.96. The van der Waals surface area contributed by atoms with Crippen LogP contribution in [0, 0.1) is 12.7 Å². The molecule has 1 heterocycles. The molecule has 4 nitrogen and oxygen atoms in total. The number of halogens is 2. The summed E-state index contributed by atoms with van der Waals surface area (Å²) in [6.07, 6.45) is 1.40. The van der Waals surface area contributed by atoms with Gasteiger partial charge in [-0.1, -0.05) is 11.6 Å². The lowest BCUT2D eigenvalue weighted by molar-refractivity contribution is 0.102. The Hall–Kier alpha value is -2.14. The highest BCUT2D eigenvalue weighted by molar-refractivity contribution is 6.34. The minimum atomic E-state index is -0.500. The molecule has 6 heteroatoms. The Morgan fingerprint density at radius 3 is 2.80 bits per heavy atom. The number of carbonyl (C=O) groups excluding carboxylic acids is 1. The quantitative estimate of drug-likeness (QED) is 0.943. The van der Waals surface area contributed by atoms with Gasteiger partial charge in [0.1, 0.15) is 0 Å². The van der Waals surface area contributed by atoms with Gasteiger partial charge in [-0.15, -0.1) is 0 Å². The maximum atomic E-state index is 13.3. The number of aromatic nitrogens is 1. The average molecular weight is 295 g/mol. The maximum absolute atomic E-state index is 13.3. The SMILES string of the molecule is COc1cc(NC(=O)c2cnc(C)cc2Cl)ccc1F. The number of hydrogen-bond donors (Lipinski definition) is 1. The number of nitrogens with zero attached hydrogens (tertiary/aromatic N) is 1. The van der Waals surface area contributed by atoms with E-state index in [1.165, 1.54) is 31.5 Å². The summed E-state index contributed by atoms with van der Waals surface area (Å²) in [5, 5.41) is 2.92. The van der Waals surface area contributed by atoms with Crippen LogP contribution in [-0.2, 0) is 0 Å². The summed E-state index contributed by atoms with van der Waals surface area (Å²) in [5.74, 6) is -0.868. The molecule has 0 spiro atoms. The summed E-state index contributed by atoms with van der Waals surface area (Å²) < 4.78 is 18.1. The number of nitrogens with one attached hydrogen (secondary N) is 1. The van der Waals surface area contributed by atoms with Crippen molar-refractivity contribution in [3.63, 3.8) is 0 Å². The topological polar surface area (TPSA) is 51.2 Å². The Bertz CT molecular complexity index is 662. The first-order chi connectivity index (χ1) is 9.51. The van der Waals surface area contributed by atoms with Crippen LogP contribution in [0.5, 0.6) is 5.75 Å². The van der Waals surface area contributed by atoms with Crippen LogP contribution in [0.3, 0.4) is 0 Å². The molecule has 20 heavy (non-hydrogen) atoms. The molecule has 2 rings (SSSR count). The molecule has 0 radical (unpaired) electrons. The van der Waals surface area contributed by atoms with Crippen molar-refractivity contribution in [1.29, 1.82) is 0 Å². The number of pyridine rings is 1. The van der Waals surface area contributed by atoms with Crippen molar-refractivity contribution in [3.05, 3.63) is 52.6 Å². The second-order valence-electron chi connectivity index (χ2n) is 4.11. The Kier molecular flexibility index (Phi) is 4.20. The highest BCUT2D eigenvalue weighted by Crippen LogP contribution is 2.23. The van der Waals surface area contributed by atoms with Crippen molar-refractivity contribution < 1.29 is 13.9 Å². The van der Waals surface area contributed by atoms with Crippen molar-refractivity contribution in [3.8, 4) is 5.75 Å². The van der Waals surface area contributed by atoms with E-state index in [2.05, 4.69) is 10.3 Å². The first kappa shape index (κ1) is 14.3. The third kappa shape index (κ3) is 3.05. The Morgan fingerprint density at radius 2 is 2.15 bits per heavy atom. The highest BCUT2D eigenvalue weighted by atomic mass is 35.5. The largest absolute Gasteiger partial charge is 0.494 e. The molecule has 0 aliphatic carbocycles. The number of benzene rings is 1. The lowest BCUT2D eigenvalue weighted by atomic mass is 10.2. The van der Waals surface area contributed by atoms with Gasteiger partial charge < -0.3 is 10.1 Å². The van der Waals surface area contributed by atoms with Crippen LogP contribution >= 0.6 is 11.6 Å². The molecule has 0 saturated carbocycles. The van der Waals surface area contributed by atoms with Crippen LogP contribution in [0.4, 0.5) is 10.1 Å². The second kappa shape index (κ2) is 5.88. The fraction of sp³-hybridized carbons (Fsp3) is 0.143. The lowest BCUT2D eigenvalue weighted by Gasteiger charge is -2.09. The molecule has 104 valence electrons. The van der Waals surface area contributed by atoms with Gasteiger partial charge in [-0.05, 0) is 25.1 Å². The first-order valence-corrected chi connectivity index (χ1v) is 6.16. The molecule has 1 aromatic carbocycles. The second-order valence-corrected chi connectivity index (χ2v) is 4.52. The Morgan fingerprint density at radius 1 is 1.40 bits per heavy atom. The van der Waals surface area contributed by atoms with E-state index in [-0.39, 0.29) is 11.3 Å². The molecule has 2 aromatic rings. The monoisotopic (exact) mass is 294 g/mol. The number of amides is 1. The number of carbonyl (C=O) groups is 1. The van der Waals surface area contributed by atoms with Crippen molar-refractivity contribution in [2.45, 2.75) is 6.92 Å². The van der Waals surface area contributed by atoms with E-state index in [0.29, 0.717) is 10.7 Å². The van der Waals surface area contributed by atoms with Crippen molar-refractivity contribution in [2.75, 3.05) is 12.4 Å². The van der Waals surface area contributed by atoms with Gasteiger partial charge in [-0.2, -0.15) is 0 Å². The van der Waals surface area contributed by atoms with Crippen LogP contribution in [0.2, 0.25) is 5.02 Å². The Labute approximate surface area is 120 Å². The van der Waals surface area contributed by atoms with Crippen molar-refractivity contribution in [2.24, 2.45) is 0 Å². The molecule has 1 amide bonds. The van der Waals surface area contributed by atoms with Gasteiger partial charge in [0.15, 0.2) is 11.6 Å². The van der Waals surface area contributed by atoms with Gasteiger partial charge in [0, 0.05) is 23.6 Å². The summed E-state index contributed by atoms with van der Waals surface area (Å²) in [4.78, 5) is 16.1. The van der Waals surface area contributed by atoms with Gasteiger partial charge >= 0.3 is 0 Å². The van der Waals surface area contributed by atoms with E-state index >= 15 is 0 Å². The smallest absolute Gasteiger partial charge is 0.258 e.